The van der Waals surface area contributed by atoms with Gasteiger partial charge in [-0.15, -0.1) is 13.2 Å². The lowest BCUT2D eigenvalue weighted by molar-refractivity contribution is -0.274. The Kier molecular flexibility index (Phi) is 5.38. The smallest absolute Gasteiger partial charge is 0.406 e. The minimum Gasteiger partial charge on any atom is -0.406 e. The third kappa shape index (κ3) is 5.41. The van der Waals surface area contributed by atoms with Crippen molar-refractivity contribution in [3.8, 4) is 23.0 Å². The van der Waals surface area contributed by atoms with Gasteiger partial charge in [0.1, 0.15) is 16.8 Å². The molecule has 1 heterocycles. The van der Waals surface area contributed by atoms with Crippen molar-refractivity contribution in [3.05, 3.63) is 52.8 Å². The van der Waals surface area contributed by atoms with E-state index in [9.17, 15) is 13.2 Å². The second kappa shape index (κ2) is 7.28. The average Bonchev–Trinajstić information content (AvgIpc) is 2.47. The number of nitrogens with zero attached hydrogens (tertiary/aromatic N) is 2. The molecule has 8 heteroatoms. The van der Waals surface area contributed by atoms with Crippen LogP contribution in [0.25, 0.3) is 0 Å². The van der Waals surface area contributed by atoms with Gasteiger partial charge in [0, 0.05) is 16.7 Å². The second-order valence-corrected chi connectivity index (χ2v) is 5.28. The maximum Gasteiger partial charge on any atom is 0.573 e. The molecule has 0 aliphatic carbocycles. The molecule has 0 N–H and O–H groups in total. The van der Waals surface area contributed by atoms with Crippen molar-refractivity contribution in [1.29, 1.82) is 5.26 Å². The molecule has 116 valence electrons. The summed E-state index contributed by atoms with van der Waals surface area (Å²) in [5.74, 6) is 5.13. The molecule has 0 atom stereocenters. The molecule has 0 unspecified atom stereocenters. The fourth-order valence-corrected chi connectivity index (χ4v) is 2.16. The van der Waals surface area contributed by atoms with Crippen LogP contribution in [-0.2, 0) is 0 Å². The van der Waals surface area contributed by atoms with Crippen LogP contribution in [0.2, 0.25) is 5.02 Å². The molecule has 0 fully saturated rings. The van der Waals surface area contributed by atoms with Crippen LogP contribution < -0.4 is 4.74 Å². The molecule has 0 radical (unpaired) electrons. The van der Waals surface area contributed by atoms with Gasteiger partial charge in [-0.2, -0.15) is 5.26 Å². The molecule has 0 aliphatic heterocycles. The molecule has 1 aromatic carbocycles. The lowest BCUT2D eigenvalue weighted by Gasteiger charge is -2.07. The normalized spacial score (nSPS) is 10.4. The van der Waals surface area contributed by atoms with Crippen LogP contribution in [0.15, 0.2) is 41.4 Å². The molecule has 0 amide bonds. The Bertz CT molecular complexity index is 805. The van der Waals surface area contributed by atoms with Gasteiger partial charge >= 0.3 is 6.36 Å². The van der Waals surface area contributed by atoms with E-state index in [2.05, 4.69) is 21.6 Å². The van der Waals surface area contributed by atoms with Crippen molar-refractivity contribution >= 4 is 23.4 Å². The number of hydrogen-bond donors (Lipinski definition) is 0. The standard InChI is InChI=1S/C15H6ClF3N2OS/c16-13-7-12(23-9-20)8-21-14(13)6-3-10-1-4-11(5-2-10)22-15(17,18)19/h1-2,4-5,7-8H. The number of benzene rings is 1. The van der Waals surface area contributed by atoms with Crippen LogP contribution in [-0.4, -0.2) is 11.3 Å². The van der Waals surface area contributed by atoms with Gasteiger partial charge in [-0.05, 0) is 48.0 Å². The lowest BCUT2D eigenvalue weighted by atomic mass is 10.2. The molecule has 3 nitrogen and oxygen atoms in total. The van der Waals surface area contributed by atoms with Gasteiger partial charge in [0.15, 0.2) is 0 Å². The highest BCUT2D eigenvalue weighted by Crippen LogP contribution is 2.23. The number of thioether (sulfide) groups is 1. The third-order valence-electron chi connectivity index (χ3n) is 2.39. The van der Waals surface area contributed by atoms with E-state index >= 15 is 0 Å². The number of thiocyanates is 1. The van der Waals surface area contributed by atoms with Crippen LogP contribution >= 0.6 is 23.4 Å². The number of hydrogen-bond acceptors (Lipinski definition) is 4. The summed E-state index contributed by atoms with van der Waals surface area (Å²) in [6.45, 7) is 0. The third-order valence-corrected chi connectivity index (χ3v) is 3.23. The Morgan fingerprint density at radius 1 is 1.17 bits per heavy atom. The van der Waals surface area contributed by atoms with Crippen molar-refractivity contribution in [2.45, 2.75) is 11.3 Å². The minimum absolute atomic E-state index is 0.287. The maximum absolute atomic E-state index is 12.0. The number of rotatable bonds is 2. The fraction of sp³-hybridized carbons (Fsp3) is 0.0667. The first-order valence-electron chi connectivity index (χ1n) is 5.97. The van der Waals surface area contributed by atoms with Crippen molar-refractivity contribution in [2.24, 2.45) is 0 Å². The molecule has 1 aromatic heterocycles. The molecule has 0 bridgehead atoms. The zero-order valence-corrected chi connectivity index (χ0v) is 12.8. The molecule has 2 rings (SSSR count). The van der Waals surface area contributed by atoms with Crippen molar-refractivity contribution in [2.75, 3.05) is 0 Å². The van der Waals surface area contributed by atoms with E-state index in [1.54, 1.807) is 6.07 Å². The molecular weight excluding hydrogens is 349 g/mol. The Morgan fingerprint density at radius 2 is 1.87 bits per heavy atom. The predicted octanol–water partition coefficient (Wildman–Crippen LogP) is 4.61. The Morgan fingerprint density at radius 3 is 2.43 bits per heavy atom. The molecule has 0 saturated heterocycles. The van der Waals surface area contributed by atoms with Crippen LogP contribution in [0, 0.1) is 22.5 Å². The van der Waals surface area contributed by atoms with E-state index in [1.165, 1.54) is 30.5 Å². The monoisotopic (exact) mass is 354 g/mol. The minimum atomic E-state index is -4.73. The summed E-state index contributed by atoms with van der Waals surface area (Å²) in [6.07, 6.45) is -3.27. The quantitative estimate of drug-likeness (QED) is 0.449. The first-order chi connectivity index (χ1) is 10.9. The molecule has 0 saturated carbocycles. The zero-order valence-electron chi connectivity index (χ0n) is 11.2. The van der Waals surface area contributed by atoms with Crippen LogP contribution in [0.3, 0.4) is 0 Å². The number of ether oxygens (including phenoxy) is 1. The SMILES string of the molecule is N#CSc1cnc(C#Cc2ccc(OC(F)(F)F)cc2)c(Cl)c1. The first-order valence-corrected chi connectivity index (χ1v) is 7.16. The van der Waals surface area contributed by atoms with E-state index in [0.29, 0.717) is 16.2 Å². The summed E-state index contributed by atoms with van der Waals surface area (Å²) in [6, 6.07) is 6.68. The summed E-state index contributed by atoms with van der Waals surface area (Å²) in [4.78, 5) is 4.62. The van der Waals surface area contributed by atoms with Gasteiger partial charge in [0.2, 0.25) is 0 Å². The van der Waals surface area contributed by atoms with E-state index in [1.807, 2.05) is 5.40 Å². The molecule has 2 aromatic rings. The van der Waals surface area contributed by atoms with Gasteiger partial charge in [0.05, 0.1) is 5.02 Å². The topological polar surface area (TPSA) is 45.9 Å². The number of halogens is 4. The number of pyridine rings is 1. The molecular formula is C15H6ClF3N2OS. The fourth-order valence-electron chi connectivity index (χ4n) is 1.49. The summed E-state index contributed by atoms with van der Waals surface area (Å²) < 4.78 is 39.9. The Labute approximate surface area is 139 Å². The highest BCUT2D eigenvalue weighted by Gasteiger charge is 2.30. The largest absolute Gasteiger partial charge is 0.573 e. The summed E-state index contributed by atoms with van der Waals surface area (Å²) in [5, 5.41) is 10.7. The van der Waals surface area contributed by atoms with Gasteiger partial charge in [0.25, 0.3) is 0 Å². The second-order valence-electron chi connectivity index (χ2n) is 4.02. The number of nitriles is 1. The first kappa shape index (κ1) is 17.0. The van der Waals surface area contributed by atoms with Crippen molar-refractivity contribution in [3.63, 3.8) is 0 Å². The van der Waals surface area contributed by atoms with E-state index in [-0.39, 0.29) is 10.8 Å². The number of alkyl halides is 3. The zero-order chi connectivity index (χ0) is 16.9. The molecule has 23 heavy (non-hydrogen) atoms. The average molecular weight is 355 g/mol. The highest BCUT2D eigenvalue weighted by atomic mass is 35.5. The predicted molar refractivity (Wildman–Crippen MR) is 79.8 cm³/mol. The Balaban J connectivity index is 2.14. The summed E-state index contributed by atoms with van der Waals surface area (Å²) in [7, 11) is 0. The summed E-state index contributed by atoms with van der Waals surface area (Å²) in [5.41, 5.74) is 0.789. The highest BCUT2D eigenvalue weighted by molar-refractivity contribution is 8.03. The van der Waals surface area contributed by atoms with Crippen LogP contribution in [0.4, 0.5) is 13.2 Å². The lowest BCUT2D eigenvalue weighted by Crippen LogP contribution is -2.16. The van der Waals surface area contributed by atoms with Crippen molar-refractivity contribution < 1.29 is 17.9 Å². The van der Waals surface area contributed by atoms with Crippen LogP contribution in [0.1, 0.15) is 11.3 Å². The van der Waals surface area contributed by atoms with Gasteiger partial charge in [-0.1, -0.05) is 17.5 Å². The molecule has 0 spiro atoms. The van der Waals surface area contributed by atoms with Crippen molar-refractivity contribution in [1.82, 2.24) is 4.98 Å². The summed E-state index contributed by atoms with van der Waals surface area (Å²) >= 11 is 6.92. The maximum atomic E-state index is 12.0. The number of aromatic nitrogens is 1. The van der Waals surface area contributed by atoms with E-state index in [0.717, 1.165) is 11.8 Å². The molecule has 0 aliphatic rings. The van der Waals surface area contributed by atoms with Gasteiger partial charge in [-0.25, -0.2) is 4.98 Å². The van der Waals surface area contributed by atoms with Crippen LogP contribution in [0.5, 0.6) is 5.75 Å². The van der Waals surface area contributed by atoms with E-state index < -0.39 is 6.36 Å². The van der Waals surface area contributed by atoms with Gasteiger partial charge in [-0.3, -0.25) is 0 Å². The Hall–Kier alpha value is -2.35. The van der Waals surface area contributed by atoms with E-state index in [4.69, 9.17) is 16.9 Å². The van der Waals surface area contributed by atoms with Gasteiger partial charge < -0.3 is 4.74 Å².